The van der Waals surface area contributed by atoms with Crippen molar-refractivity contribution in [1.29, 1.82) is 5.41 Å². The highest BCUT2D eigenvalue weighted by Crippen LogP contribution is 2.17. The van der Waals surface area contributed by atoms with E-state index < -0.39 is 0 Å². The van der Waals surface area contributed by atoms with E-state index in [1.165, 1.54) is 18.2 Å². The molecule has 0 radical (unpaired) electrons. The van der Waals surface area contributed by atoms with Gasteiger partial charge in [0.15, 0.2) is 0 Å². The van der Waals surface area contributed by atoms with Gasteiger partial charge in [-0.3, -0.25) is 5.41 Å². The van der Waals surface area contributed by atoms with Crippen molar-refractivity contribution >= 4 is 11.5 Å². The molecule has 0 bridgehead atoms. The highest BCUT2D eigenvalue weighted by atomic mass is 19.1. The number of nitrogens with zero attached hydrogens (tertiary/aromatic N) is 1. The first-order valence-corrected chi connectivity index (χ1v) is 4.71. The second-order valence-electron chi connectivity index (χ2n) is 3.32. The molecule has 0 unspecified atom stereocenters. The molecule has 1 aromatic rings. The van der Waals surface area contributed by atoms with Crippen molar-refractivity contribution in [2.45, 2.75) is 0 Å². The highest BCUT2D eigenvalue weighted by Gasteiger charge is 2.03. The molecule has 0 aromatic heterocycles. The number of halogens is 1. The summed E-state index contributed by atoms with van der Waals surface area (Å²) in [7, 11) is 1.77. The zero-order valence-electron chi connectivity index (χ0n) is 9.07. The van der Waals surface area contributed by atoms with E-state index in [1.807, 2.05) is 0 Å². The normalized spacial score (nSPS) is 10.4. The van der Waals surface area contributed by atoms with Crippen LogP contribution in [0.5, 0.6) is 0 Å². The summed E-state index contributed by atoms with van der Waals surface area (Å²) in [5.74, 6) is -0.346. The van der Waals surface area contributed by atoms with Gasteiger partial charge in [-0.25, -0.2) is 4.39 Å². The van der Waals surface area contributed by atoms with E-state index in [4.69, 9.17) is 11.1 Å². The van der Waals surface area contributed by atoms with E-state index in [1.54, 1.807) is 30.2 Å². The summed E-state index contributed by atoms with van der Waals surface area (Å²) < 4.78 is 13.0. The molecule has 0 spiro atoms. The first-order chi connectivity index (χ1) is 7.50. The largest absolute Gasteiger partial charge is 0.384 e. The molecule has 0 amide bonds. The summed E-state index contributed by atoms with van der Waals surface area (Å²) in [5, 5.41) is 7.04. The highest BCUT2D eigenvalue weighted by molar-refractivity contribution is 5.89. The summed E-state index contributed by atoms with van der Waals surface area (Å²) in [6.07, 6.45) is 3.03. The molecule has 0 aliphatic heterocycles. The van der Waals surface area contributed by atoms with Crippen molar-refractivity contribution < 1.29 is 4.39 Å². The zero-order valence-corrected chi connectivity index (χ0v) is 9.07. The predicted molar refractivity (Wildman–Crippen MR) is 65.0 cm³/mol. The summed E-state index contributed by atoms with van der Waals surface area (Å²) in [5.41, 5.74) is 6.50. The molecule has 1 rings (SSSR count). The number of benzene rings is 1. The molecule has 0 atom stereocenters. The lowest BCUT2D eigenvalue weighted by molar-refractivity contribution is 0.628. The van der Waals surface area contributed by atoms with Gasteiger partial charge in [-0.1, -0.05) is 12.6 Å². The Balaban J connectivity index is 2.82. The van der Waals surface area contributed by atoms with Crippen LogP contribution in [0.25, 0.3) is 0 Å². The lowest BCUT2D eigenvalue weighted by Crippen LogP contribution is -2.15. The Labute approximate surface area is 94.2 Å². The Morgan fingerprint density at radius 2 is 2.19 bits per heavy atom. The third-order valence-corrected chi connectivity index (χ3v) is 2.08. The molecular formula is C12H14FN3. The smallest absolute Gasteiger partial charge is 0.125 e. The van der Waals surface area contributed by atoms with Crippen molar-refractivity contribution in [2.75, 3.05) is 11.9 Å². The molecule has 0 aliphatic rings. The van der Waals surface area contributed by atoms with Crippen LogP contribution >= 0.6 is 0 Å². The number of likely N-dealkylation sites (N-methyl/N-ethyl adjacent to an activating group) is 1. The van der Waals surface area contributed by atoms with Gasteiger partial charge in [0, 0.05) is 18.4 Å². The minimum atomic E-state index is -0.298. The molecule has 0 saturated carbocycles. The molecule has 16 heavy (non-hydrogen) atoms. The van der Waals surface area contributed by atoms with Gasteiger partial charge in [0.25, 0.3) is 0 Å². The molecule has 0 aliphatic carbocycles. The van der Waals surface area contributed by atoms with E-state index in [0.717, 1.165) is 0 Å². The first-order valence-electron chi connectivity index (χ1n) is 4.71. The third-order valence-electron chi connectivity index (χ3n) is 2.08. The van der Waals surface area contributed by atoms with Crippen molar-refractivity contribution in [3.8, 4) is 0 Å². The van der Waals surface area contributed by atoms with Gasteiger partial charge in [-0.05, 0) is 30.4 Å². The maximum atomic E-state index is 13.0. The molecular weight excluding hydrogens is 205 g/mol. The second kappa shape index (κ2) is 5.11. The van der Waals surface area contributed by atoms with Gasteiger partial charge in [0.1, 0.15) is 11.7 Å². The van der Waals surface area contributed by atoms with Crippen LogP contribution < -0.4 is 10.6 Å². The summed E-state index contributed by atoms with van der Waals surface area (Å²) in [4.78, 5) is 1.71. The fraction of sp³-hybridized carbons (Fsp3) is 0.0833. The molecule has 3 N–H and O–H groups in total. The average Bonchev–Trinajstić information content (AvgIpc) is 2.24. The van der Waals surface area contributed by atoms with Crippen LogP contribution in [0.4, 0.5) is 10.1 Å². The topological polar surface area (TPSA) is 53.1 Å². The number of amidine groups is 1. The van der Waals surface area contributed by atoms with E-state index in [2.05, 4.69) is 6.58 Å². The number of nitrogens with one attached hydrogen (secondary N) is 1. The Morgan fingerprint density at radius 3 is 2.75 bits per heavy atom. The lowest BCUT2D eigenvalue weighted by atomic mass is 10.2. The van der Waals surface area contributed by atoms with Crippen LogP contribution in [-0.4, -0.2) is 12.9 Å². The molecule has 84 valence electrons. The standard InChI is InChI=1S/C12H14FN3/c1-9(6-7-12(14)15)16(2)11-5-3-4-10(13)8-11/h3-8H,1H2,2H3,(H3,14,15)/b7-6-. The van der Waals surface area contributed by atoms with Crippen LogP contribution in [0.1, 0.15) is 0 Å². The van der Waals surface area contributed by atoms with Crippen molar-refractivity contribution in [1.82, 2.24) is 0 Å². The Kier molecular flexibility index (Phi) is 3.83. The summed E-state index contributed by atoms with van der Waals surface area (Å²) in [6.45, 7) is 3.80. The SMILES string of the molecule is C=C(/C=C\C(=N)N)N(C)c1cccc(F)c1. The molecule has 4 heteroatoms. The number of allylic oxidation sites excluding steroid dienone is 1. The first kappa shape index (κ1) is 12.0. The maximum Gasteiger partial charge on any atom is 0.125 e. The Hall–Kier alpha value is -2.10. The zero-order chi connectivity index (χ0) is 12.1. The quantitative estimate of drug-likeness (QED) is 0.463. The number of hydrogen-bond acceptors (Lipinski definition) is 2. The third kappa shape index (κ3) is 3.24. The van der Waals surface area contributed by atoms with Crippen LogP contribution in [-0.2, 0) is 0 Å². The van der Waals surface area contributed by atoms with Crippen LogP contribution in [0.3, 0.4) is 0 Å². The van der Waals surface area contributed by atoms with Crippen LogP contribution in [0.15, 0.2) is 48.7 Å². The molecule has 1 aromatic carbocycles. The lowest BCUT2D eigenvalue weighted by Gasteiger charge is -2.19. The number of nitrogens with two attached hydrogens (primary N) is 1. The fourth-order valence-corrected chi connectivity index (χ4v) is 1.15. The van der Waals surface area contributed by atoms with Crippen LogP contribution in [0.2, 0.25) is 0 Å². The van der Waals surface area contributed by atoms with Gasteiger partial charge >= 0.3 is 0 Å². The molecule has 0 heterocycles. The summed E-state index contributed by atoms with van der Waals surface area (Å²) >= 11 is 0. The van der Waals surface area contributed by atoms with E-state index in [-0.39, 0.29) is 11.7 Å². The van der Waals surface area contributed by atoms with Gasteiger partial charge < -0.3 is 10.6 Å². The number of rotatable bonds is 4. The molecule has 3 nitrogen and oxygen atoms in total. The van der Waals surface area contributed by atoms with Gasteiger partial charge in [0.2, 0.25) is 0 Å². The molecule has 0 saturated heterocycles. The van der Waals surface area contributed by atoms with E-state index in [9.17, 15) is 4.39 Å². The van der Waals surface area contributed by atoms with Gasteiger partial charge in [-0.2, -0.15) is 0 Å². The van der Waals surface area contributed by atoms with E-state index >= 15 is 0 Å². The number of hydrogen-bond donors (Lipinski definition) is 2. The molecule has 0 fully saturated rings. The van der Waals surface area contributed by atoms with Crippen molar-refractivity contribution in [3.63, 3.8) is 0 Å². The maximum absolute atomic E-state index is 13.0. The monoisotopic (exact) mass is 219 g/mol. The van der Waals surface area contributed by atoms with Gasteiger partial charge in [0.05, 0.1) is 0 Å². The van der Waals surface area contributed by atoms with Crippen molar-refractivity contribution in [3.05, 3.63) is 54.5 Å². The van der Waals surface area contributed by atoms with Gasteiger partial charge in [-0.15, -0.1) is 0 Å². The average molecular weight is 219 g/mol. The Bertz CT molecular complexity index is 438. The number of anilines is 1. The predicted octanol–water partition coefficient (Wildman–Crippen LogP) is 2.27. The van der Waals surface area contributed by atoms with E-state index in [0.29, 0.717) is 11.4 Å². The van der Waals surface area contributed by atoms with Crippen molar-refractivity contribution in [2.24, 2.45) is 5.73 Å². The van der Waals surface area contributed by atoms with Crippen LogP contribution in [0, 0.1) is 11.2 Å². The minimum Gasteiger partial charge on any atom is -0.384 e. The second-order valence-corrected chi connectivity index (χ2v) is 3.32. The summed E-state index contributed by atoms with van der Waals surface area (Å²) in [6, 6.07) is 6.19. The minimum absolute atomic E-state index is 0.0474. The fourth-order valence-electron chi connectivity index (χ4n) is 1.15. The Morgan fingerprint density at radius 1 is 1.50 bits per heavy atom.